The van der Waals surface area contributed by atoms with E-state index in [2.05, 4.69) is 4.98 Å². The van der Waals surface area contributed by atoms with Gasteiger partial charge >= 0.3 is 0 Å². The maximum absolute atomic E-state index is 12.7. The molecule has 0 fully saturated rings. The summed E-state index contributed by atoms with van der Waals surface area (Å²) in [5.74, 6) is 2.01. The van der Waals surface area contributed by atoms with E-state index in [4.69, 9.17) is 18.9 Å². The zero-order valence-corrected chi connectivity index (χ0v) is 20.8. The molecular formula is C28H27NO5S. The fourth-order valence-electron chi connectivity index (χ4n) is 3.66. The maximum atomic E-state index is 12.7. The van der Waals surface area contributed by atoms with Gasteiger partial charge in [0, 0.05) is 24.5 Å². The number of nitrogens with zero attached hydrogens (tertiary/aromatic N) is 1. The van der Waals surface area contributed by atoms with Gasteiger partial charge in [-0.1, -0.05) is 41.7 Å². The van der Waals surface area contributed by atoms with Crippen LogP contribution < -0.4 is 18.9 Å². The molecule has 2 heterocycles. The van der Waals surface area contributed by atoms with Crippen LogP contribution in [0.25, 0.3) is 11.3 Å². The van der Waals surface area contributed by atoms with Crippen molar-refractivity contribution in [3.63, 3.8) is 0 Å². The zero-order chi connectivity index (χ0) is 24.6. The van der Waals surface area contributed by atoms with Crippen molar-refractivity contribution in [2.24, 2.45) is 0 Å². The Hall–Kier alpha value is -3.84. The minimum absolute atomic E-state index is 0.0654. The molecule has 0 spiro atoms. The first kappa shape index (κ1) is 24.3. The lowest BCUT2D eigenvalue weighted by Gasteiger charge is -2.11. The Morgan fingerprint density at radius 2 is 1.66 bits per heavy atom. The van der Waals surface area contributed by atoms with Gasteiger partial charge in [0.25, 0.3) is 0 Å². The van der Waals surface area contributed by atoms with Gasteiger partial charge in [-0.15, -0.1) is 0 Å². The van der Waals surface area contributed by atoms with Crippen LogP contribution in [0, 0.1) is 0 Å². The van der Waals surface area contributed by atoms with Gasteiger partial charge in [-0.3, -0.25) is 4.79 Å². The van der Waals surface area contributed by atoms with Crippen LogP contribution >= 0.6 is 11.3 Å². The molecule has 6 nitrogen and oxygen atoms in total. The monoisotopic (exact) mass is 489 g/mol. The van der Waals surface area contributed by atoms with Crippen molar-refractivity contribution in [3.8, 4) is 33.7 Å². The van der Waals surface area contributed by atoms with Crippen LogP contribution in [0.15, 0.2) is 72.8 Å². The Labute approximate surface area is 209 Å². The lowest BCUT2D eigenvalue weighted by atomic mass is 10.0. The highest BCUT2D eigenvalue weighted by Crippen LogP contribution is 2.28. The van der Waals surface area contributed by atoms with E-state index >= 15 is 0 Å². The standard InChI is InChI=1S/C28H27NO5S/c1-31-24-11-10-19(18-25(24)32-2)14-15-34-27-9-5-8-22(29-27)21-7-4-6-20(16-21)17-23(30)26-12-13-28(33-3)35-26/h4-13,16,18H,14-15,17H2,1-3H3. The van der Waals surface area contributed by atoms with Crippen molar-refractivity contribution in [2.45, 2.75) is 12.8 Å². The molecule has 4 rings (SSSR count). The van der Waals surface area contributed by atoms with E-state index in [1.165, 1.54) is 11.3 Å². The van der Waals surface area contributed by atoms with Crippen LogP contribution in [0.3, 0.4) is 0 Å². The first-order valence-electron chi connectivity index (χ1n) is 11.2. The molecule has 0 radical (unpaired) electrons. The summed E-state index contributed by atoms with van der Waals surface area (Å²) in [6.07, 6.45) is 1.02. The molecule has 7 heteroatoms. The van der Waals surface area contributed by atoms with Crippen molar-refractivity contribution < 1.29 is 23.7 Å². The first-order chi connectivity index (χ1) is 17.1. The van der Waals surface area contributed by atoms with Crippen LogP contribution in [-0.4, -0.2) is 38.7 Å². The number of hydrogen-bond donors (Lipinski definition) is 0. The van der Waals surface area contributed by atoms with E-state index in [1.807, 2.05) is 66.7 Å². The number of pyridine rings is 1. The van der Waals surface area contributed by atoms with Crippen LogP contribution in [-0.2, 0) is 12.8 Å². The minimum atomic E-state index is 0.0654. The van der Waals surface area contributed by atoms with Crippen molar-refractivity contribution in [2.75, 3.05) is 27.9 Å². The minimum Gasteiger partial charge on any atom is -0.493 e. The Kier molecular flexibility index (Phi) is 8.00. The smallest absolute Gasteiger partial charge is 0.213 e. The molecule has 0 N–H and O–H groups in total. The summed E-state index contributed by atoms with van der Waals surface area (Å²) in [4.78, 5) is 18.0. The summed E-state index contributed by atoms with van der Waals surface area (Å²) < 4.78 is 21.8. The SMILES string of the molecule is COc1ccc(C(=O)Cc2cccc(-c3cccc(OCCc4ccc(OC)c(OC)c4)n3)c2)s1. The third kappa shape index (κ3) is 6.19. The molecule has 2 aromatic heterocycles. The number of hydrogen-bond acceptors (Lipinski definition) is 7. The lowest BCUT2D eigenvalue weighted by Crippen LogP contribution is -2.04. The number of rotatable bonds is 11. The predicted octanol–water partition coefficient (Wildman–Crippen LogP) is 5.88. The average Bonchev–Trinajstić information content (AvgIpc) is 3.39. The third-order valence-electron chi connectivity index (χ3n) is 5.46. The molecule has 0 saturated heterocycles. The molecule has 0 amide bonds. The van der Waals surface area contributed by atoms with Gasteiger partial charge in [0.05, 0.1) is 38.5 Å². The van der Waals surface area contributed by atoms with E-state index in [-0.39, 0.29) is 5.78 Å². The Morgan fingerprint density at radius 3 is 2.43 bits per heavy atom. The van der Waals surface area contributed by atoms with Crippen LogP contribution in [0.4, 0.5) is 0 Å². The number of carbonyl (C=O) groups excluding carboxylic acids is 1. The summed E-state index contributed by atoms with van der Waals surface area (Å²) in [6.45, 7) is 0.477. The second kappa shape index (κ2) is 11.5. The number of Topliss-reactive ketones (excluding diaryl/α,β-unsaturated/α-hetero) is 1. The van der Waals surface area contributed by atoms with E-state index in [0.29, 0.717) is 41.7 Å². The second-order valence-electron chi connectivity index (χ2n) is 7.77. The molecule has 0 unspecified atom stereocenters. The van der Waals surface area contributed by atoms with Gasteiger partial charge in [-0.2, -0.15) is 0 Å². The number of thiophene rings is 1. The van der Waals surface area contributed by atoms with Crippen molar-refractivity contribution in [3.05, 3.63) is 88.8 Å². The van der Waals surface area contributed by atoms with Crippen LogP contribution in [0.5, 0.6) is 22.4 Å². The summed E-state index contributed by atoms with van der Waals surface area (Å²) >= 11 is 1.36. The molecule has 0 saturated carbocycles. The average molecular weight is 490 g/mol. The number of carbonyl (C=O) groups is 1. The van der Waals surface area contributed by atoms with Gasteiger partial charge in [0.2, 0.25) is 5.88 Å². The number of methoxy groups -OCH3 is 3. The Balaban J connectivity index is 1.40. The van der Waals surface area contributed by atoms with Crippen LogP contribution in [0.2, 0.25) is 0 Å². The number of ketones is 1. The number of ether oxygens (including phenoxy) is 4. The molecule has 2 aromatic carbocycles. The maximum Gasteiger partial charge on any atom is 0.213 e. The van der Waals surface area contributed by atoms with Gasteiger partial charge in [0.15, 0.2) is 22.3 Å². The second-order valence-corrected chi connectivity index (χ2v) is 8.82. The normalized spacial score (nSPS) is 10.6. The van der Waals surface area contributed by atoms with E-state index in [1.54, 1.807) is 27.4 Å². The summed E-state index contributed by atoms with van der Waals surface area (Å²) in [5, 5.41) is 0.731. The van der Waals surface area contributed by atoms with Gasteiger partial charge < -0.3 is 18.9 Å². The fraction of sp³-hybridized carbons (Fsp3) is 0.214. The molecule has 4 aromatic rings. The largest absolute Gasteiger partial charge is 0.493 e. The summed E-state index contributed by atoms with van der Waals surface area (Å²) in [6, 6.07) is 23.0. The number of benzene rings is 2. The summed E-state index contributed by atoms with van der Waals surface area (Å²) in [5.41, 5.74) is 3.74. The highest BCUT2D eigenvalue weighted by Gasteiger charge is 2.12. The van der Waals surface area contributed by atoms with E-state index in [9.17, 15) is 4.79 Å². The van der Waals surface area contributed by atoms with Crippen molar-refractivity contribution in [1.82, 2.24) is 4.98 Å². The predicted molar refractivity (Wildman–Crippen MR) is 137 cm³/mol. The Morgan fingerprint density at radius 1 is 0.829 bits per heavy atom. The van der Waals surface area contributed by atoms with Crippen molar-refractivity contribution in [1.29, 1.82) is 0 Å². The lowest BCUT2D eigenvalue weighted by molar-refractivity contribution is 0.0997. The Bertz CT molecular complexity index is 1300. The molecule has 0 bridgehead atoms. The number of aromatic nitrogens is 1. The van der Waals surface area contributed by atoms with Gasteiger partial charge in [0.1, 0.15) is 0 Å². The quantitative estimate of drug-likeness (QED) is 0.245. The first-order valence-corrected chi connectivity index (χ1v) is 12.0. The fourth-order valence-corrected chi connectivity index (χ4v) is 4.42. The highest BCUT2D eigenvalue weighted by molar-refractivity contribution is 7.15. The van der Waals surface area contributed by atoms with Crippen LogP contribution in [0.1, 0.15) is 20.8 Å². The molecule has 0 aliphatic heterocycles. The van der Waals surface area contributed by atoms with Crippen molar-refractivity contribution >= 4 is 17.1 Å². The topological polar surface area (TPSA) is 66.9 Å². The molecule has 0 atom stereocenters. The molecule has 35 heavy (non-hydrogen) atoms. The molecule has 0 aliphatic carbocycles. The molecular weight excluding hydrogens is 462 g/mol. The zero-order valence-electron chi connectivity index (χ0n) is 19.9. The third-order valence-corrected chi connectivity index (χ3v) is 6.54. The molecule has 0 aliphatic rings. The summed E-state index contributed by atoms with van der Waals surface area (Å²) in [7, 11) is 4.84. The van der Waals surface area contributed by atoms with E-state index < -0.39 is 0 Å². The van der Waals surface area contributed by atoms with E-state index in [0.717, 1.165) is 27.4 Å². The van der Waals surface area contributed by atoms with Gasteiger partial charge in [-0.25, -0.2) is 4.98 Å². The highest BCUT2D eigenvalue weighted by atomic mass is 32.1. The van der Waals surface area contributed by atoms with Gasteiger partial charge in [-0.05, 0) is 47.5 Å². The molecule has 180 valence electrons.